The van der Waals surface area contributed by atoms with E-state index in [1.165, 1.54) is 0 Å². The van der Waals surface area contributed by atoms with E-state index >= 15 is 0 Å². The zero-order chi connectivity index (χ0) is 20.5. The van der Waals surface area contributed by atoms with Gasteiger partial charge in [0.05, 0.1) is 13.2 Å². The third-order valence-corrected chi connectivity index (χ3v) is 4.28. The lowest BCUT2D eigenvalue weighted by Crippen LogP contribution is -2.36. The number of nitrogens with one attached hydrogen (secondary N) is 2. The monoisotopic (exact) mass is 384 g/mol. The standard InChI is InChI=1S/C22H28N2O4/c1-5-27-19-10-8-17(14-20(19)28-6-2)11-12-23-21(25)22(26)24-18-9-7-15(3)16(4)13-18/h7-10,13-14H,5-6,11-12H2,1-4H3,(H,23,25)(H,24,26). The number of carbonyl (C=O) groups excluding carboxylic acids is 2. The molecule has 0 radical (unpaired) electrons. The number of benzene rings is 2. The molecular formula is C22H28N2O4. The summed E-state index contributed by atoms with van der Waals surface area (Å²) in [6, 6.07) is 11.2. The van der Waals surface area contributed by atoms with Gasteiger partial charge in [-0.3, -0.25) is 9.59 Å². The molecule has 0 bridgehead atoms. The molecule has 0 spiro atoms. The zero-order valence-corrected chi connectivity index (χ0v) is 16.9. The van der Waals surface area contributed by atoms with Gasteiger partial charge in [0.15, 0.2) is 11.5 Å². The quantitative estimate of drug-likeness (QED) is 0.684. The average molecular weight is 384 g/mol. The number of aryl methyl sites for hydroxylation is 2. The van der Waals surface area contributed by atoms with Crippen molar-refractivity contribution in [3.8, 4) is 11.5 Å². The lowest BCUT2D eigenvalue weighted by Gasteiger charge is -2.12. The third-order valence-electron chi connectivity index (χ3n) is 4.28. The predicted molar refractivity (Wildman–Crippen MR) is 110 cm³/mol. The van der Waals surface area contributed by atoms with E-state index < -0.39 is 11.8 Å². The van der Waals surface area contributed by atoms with Crippen molar-refractivity contribution in [1.29, 1.82) is 0 Å². The smallest absolute Gasteiger partial charge is 0.313 e. The van der Waals surface area contributed by atoms with Gasteiger partial charge in [-0.2, -0.15) is 0 Å². The van der Waals surface area contributed by atoms with Crippen LogP contribution in [0.5, 0.6) is 11.5 Å². The first-order valence-corrected chi connectivity index (χ1v) is 9.49. The fourth-order valence-corrected chi connectivity index (χ4v) is 2.66. The number of rotatable bonds is 8. The summed E-state index contributed by atoms with van der Waals surface area (Å²) in [5, 5.41) is 5.26. The minimum atomic E-state index is -0.676. The Morgan fingerprint density at radius 3 is 2.25 bits per heavy atom. The molecule has 2 aromatic carbocycles. The average Bonchev–Trinajstić information content (AvgIpc) is 2.67. The number of anilines is 1. The van der Waals surface area contributed by atoms with Crippen molar-refractivity contribution in [2.24, 2.45) is 0 Å². The highest BCUT2D eigenvalue weighted by Crippen LogP contribution is 2.28. The van der Waals surface area contributed by atoms with E-state index in [2.05, 4.69) is 10.6 Å². The molecule has 150 valence electrons. The molecule has 0 unspecified atom stereocenters. The van der Waals surface area contributed by atoms with Gasteiger partial charge < -0.3 is 20.1 Å². The van der Waals surface area contributed by atoms with E-state index in [9.17, 15) is 9.59 Å². The molecule has 0 aliphatic rings. The highest BCUT2D eigenvalue weighted by atomic mass is 16.5. The van der Waals surface area contributed by atoms with Gasteiger partial charge in [-0.15, -0.1) is 0 Å². The van der Waals surface area contributed by atoms with Gasteiger partial charge in [0.2, 0.25) is 0 Å². The number of hydrogen-bond donors (Lipinski definition) is 2. The van der Waals surface area contributed by atoms with Crippen molar-refractivity contribution in [2.75, 3.05) is 25.1 Å². The van der Waals surface area contributed by atoms with Crippen molar-refractivity contribution in [3.63, 3.8) is 0 Å². The summed E-state index contributed by atoms with van der Waals surface area (Å²) in [4.78, 5) is 24.1. The van der Waals surface area contributed by atoms with E-state index in [1.807, 2.05) is 58.0 Å². The van der Waals surface area contributed by atoms with Crippen LogP contribution in [-0.4, -0.2) is 31.6 Å². The second kappa shape index (κ2) is 10.3. The van der Waals surface area contributed by atoms with Gasteiger partial charge in [0.1, 0.15) is 0 Å². The maximum absolute atomic E-state index is 12.0. The van der Waals surface area contributed by atoms with E-state index in [1.54, 1.807) is 6.07 Å². The summed E-state index contributed by atoms with van der Waals surface area (Å²) in [5.41, 5.74) is 3.78. The number of carbonyl (C=O) groups is 2. The van der Waals surface area contributed by atoms with Crippen molar-refractivity contribution in [3.05, 3.63) is 53.1 Å². The van der Waals surface area contributed by atoms with Crippen molar-refractivity contribution < 1.29 is 19.1 Å². The van der Waals surface area contributed by atoms with E-state index in [4.69, 9.17) is 9.47 Å². The van der Waals surface area contributed by atoms with Crippen LogP contribution < -0.4 is 20.1 Å². The van der Waals surface area contributed by atoms with Crippen LogP contribution in [0.25, 0.3) is 0 Å². The summed E-state index contributed by atoms with van der Waals surface area (Å²) in [6.07, 6.45) is 0.579. The molecule has 0 fully saturated rings. The summed E-state index contributed by atoms with van der Waals surface area (Å²) in [7, 11) is 0. The Labute approximate surface area is 166 Å². The topological polar surface area (TPSA) is 76.7 Å². The Morgan fingerprint density at radius 1 is 0.857 bits per heavy atom. The first-order valence-electron chi connectivity index (χ1n) is 9.49. The van der Waals surface area contributed by atoms with Crippen molar-refractivity contribution >= 4 is 17.5 Å². The Balaban J connectivity index is 1.87. The molecule has 0 aromatic heterocycles. The third kappa shape index (κ3) is 6.01. The Morgan fingerprint density at radius 2 is 1.57 bits per heavy atom. The second-order valence-corrected chi connectivity index (χ2v) is 6.41. The highest BCUT2D eigenvalue weighted by Gasteiger charge is 2.14. The largest absolute Gasteiger partial charge is 0.490 e. The fraction of sp³-hybridized carbons (Fsp3) is 0.364. The molecule has 2 rings (SSSR count). The molecule has 2 aromatic rings. The first-order chi connectivity index (χ1) is 13.4. The molecule has 0 aliphatic heterocycles. The van der Waals surface area contributed by atoms with Crippen LogP contribution in [0, 0.1) is 13.8 Å². The van der Waals surface area contributed by atoms with Crippen LogP contribution in [0.3, 0.4) is 0 Å². The molecule has 0 saturated heterocycles. The van der Waals surface area contributed by atoms with Gasteiger partial charge in [0.25, 0.3) is 0 Å². The molecule has 2 amide bonds. The van der Waals surface area contributed by atoms with Gasteiger partial charge in [-0.05, 0) is 75.1 Å². The molecule has 0 saturated carbocycles. The zero-order valence-electron chi connectivity index (χ0n) is 16.9. The van der Waals surface area contributed by atoms with Crippen molar-refractivity contribution in [2.45, 2.75) is 34.1 Å². The Hall–Kier alpha value is -3.02. The van der Waals surface area contributed by atoms with Crippen LogP contribution in [-0.2, 0) is 16.0 Å². The van der Waals surface area contributed by atoms with E-state index in [0.717, 1.165) is 16.7 Å². The van der Waals surface area contributed by atoms with Crippen LogP contribution in [0.1, 0.15) is 30.5 Å². The lowest BCUT2D eigenvalue weighted by molar-refractivity contribution is -0.136. The van der Waals surface area contributed by atoms with Gasteiger partial charge in [0, 0.05) is 12.2 Å². The normalized spacial score (nSPS) is 10.3. The van der Waals surface area contributed by atoms with Gasteiger partial charge in [-0.25, -0.2) is 0 Å². The SMILES string of the molecule is CCOc1ccc(CCNC(=O)C(=O)Nc2ccc(C)c(C)c2)cc1OCC. The van der Waals surface area contributed by atoms with E-state index in [0.29, 0.717) is 43.4 Å². The summed E-state index contributed by atoms with van der Waals surface area (Å²) in [6.45, 7) is 9.23. The molecular weight excluding hydrogens is 356 g/mol. The maximum Gasteiger partial charge on any atom is 0.313 e. The fourth-order valence-electron chi connectivity index (χ4n) is 2.66. The number of hydrogen-bond acceptors (Lipinski definition) is 4. The number of amides is 2. The Kier molecular flexibility index (Phi) is 7.87. The molecule has 0 atom stereocenters. The van der Waals surface area contributed by atoms with Gasteiger partial charge in [-0.1, -0.05) is 12.1 Å². The van der Waals surface area contributed by atoms with E-state index in [-0.39, 0.29) is 0 Å². The molecule has 6 nitrogen and oxygen atoms in total. The Bertz CT molecular complexity index is 833. The maximum atomic E-state index is 12.0. The lowest BCUT2D eigenvalue weighted by atomic mass is 10.1. The van der Waals surface area contributed by atoms with Crippen LogP contribution in [0.4, 0.5) is 5.69 Å². The van der Waals surface area contributed by atoms with Crippen LogP contribution in [0.15, 0.2) is 36.4 Å². The van der Waals surface area contributed by atoms with Crippen molar-refractivity contribution in [1.82, 2.24) is 5.32 Å². The summed E-state index contributed by atoms with van der Waals surface area (Å²) in [5.74, 6) is 0.0460. The first kappa shape index (κ1) is 21.3. The molecule has 0 heterocycles. The number of ether oxygens (including phenoxy) is 2. The van der Waals surface area contributed by atoms with Crippen LogP contribution in [0.2, 0.25) is 0 Å². The second-order valence-electron chi connectivity index (χ2n) is 6.41. The molecule has 2 N–H and O–H groups in total. The minimum absolute atomic E-state index is 0.346. The molecule has 6 heteroatoms. The highest BCUT2D eigenvalue weighted by molar-refractivity contribution is 6.39. The summed E-state index contributed by atoms with van der Waals surface area (Å²) >= 11 is 0. The minimum Gasteiger partial charge on any atom is -0.490 e. The molecule has 28 heavy (non-hydrogen) atoms. The molecule has 0 aliphatic carbocycles. The summed E-state index contributed by atoms with van der Waals surface area (Å²) < 4.78 is 11.1. The predicted octanol–water partition coefficient (Wildman–Crippen LogP) is 3.40. The van der Waals surface area contributed by atoms with Gasteiger partial charge >= 0.3 is 11.8 Å². The van der Waals surface area contributed by atoms with Crippen LogP contribution >= 0.6 is 0 Å².